The third-order valence-electron chi connectivity index (χ3n) is 1.97. The van der Waals surface area contributed by atoms with Crippen LogP contribution in [0.1, 0.15) is 16.8 Å². The van der Waals surface area contributed by atoms with Crippen LogP contribution in [0.15, 0.2) is 6.20 Å². The van der Waals surface area contributed by atoms with Crippen LogP contribution in [0.3, 0.4) is 0 Å². The summed E-state index contributed by atoms with van der Waals surface area (Å²) in [6, 6.07) is 0. The summed E-state index contributed by atoms with van der Waals surface area (Å²) in [4.78, 5) is 0. The number of aromatic nitrogens is 1. The maximum atomic E-state index is 9.44. The maximum absolute atomic E-state index is 9.44. The molecule has 5 nitrogen and oxygen atoms in total. The number of aliphatic hydroxyl groups excluding tert-OH is 2. The lowest BCUT2D eigenvalue weighted by Crippen LogP contribution is -3.00. The summed E-state index contributed by atoms with van der Waals surface area (Å²) >= 11 is 0. The Bertz CT molecular complexity index is 330. The topological polar surface area (TPSA) is 84.8 Å². The van der Waals surface area contributed by atoms with Gasteiger partial charge in [-0.15, -0.1) is 0 Å². The van der Waals surface area contributed by atoms with Crippen LogP contribution in [0.5, 0.6) is 5.75 Å². The first-order valence-electron chi connectivity index (χ1n) is 3.78. The van der Waals surface area contributed by atoms with Gasteiger partial charge >= 0.3 is 0 Å². The summed E-state index contributed by atoms with van der Waals surface area (Å²) in [7, 11) is 0. The molecule has 0 radical (unpaired) electrons. The number of pyridine rings is 1. The second-order valence-corrected chi connectivity index (χ2v) is 2.73. The minimum Gasteiger partial charge on any atom is -1.00 e. The Morgan fingerprint density at radius 3 is 2.29 bits per heavy atom. The largest absolute Gasteiger partial charge is 1.00 e. The van der Waals surface area contributed by atoms with E-state index in [1.807, 2.05) is 0 Å². The van der Waals surface area contributed by atoms with Crippen LogP contribution >= 0.6 is 0 Å². The van der Waals surface area contributed by atoms with Crippen molar-refractivity contribution in [3.63, 3.8) is 0 Å². The zero-order valence-electron chi connectivity index (χ0n) is 7.61. The molecule has 1 heterocycles. The van der Waals surface area contributed by atoms with E-state index in [0.717, 1.165) is 0 Å². The van der Waals surface area contributed by atoms with E-state index in [9.17, 15) is 10.3 Å². The highest BCUT2D eigenvalue weighted by atomic mass is 35.5. The number of aromatic hydroxyl groups is 1. The van der Waals surface area contributed by atoms with E-state index in [4.69, 9.17) is 10.2 Å². The number of halogens is 1. The van der Waals surface area contributed by atoms with Gasteiger partial charge in [0, 0.05) is 17.2 Å². The van der Waals surface area contributed by atoms with Gasteiger partial charge in [-0.3, -0.25) is 5.21 Å². The normalized spacial score (nSPS) is 9.64. The molecular formula is C8H12ClNO4. The van der Waals surface area contributed by atoms with Crippen molar-refractivity contribution < 1.29 is 37.7 Å². The summed E-state index contributed by atoms with van der Waals surface area (Å²) in [5.74, 6) is -0.198. The highest BCUT2D eigenvalue weighted by Crippen LogP contribution is 2.22. The fraction of sp³-hybridized carbons (Fsp3) is 0.375. The molecule has 4 N–H and O–H groups in total. The Hall–Kier alpha value is -1.04. The highest BCUT2D eigenvalue weighted by molar-refractivity contribution is 5.37. The lowest BCUT2D eigenvalue weighted by atomic mass is 10.1. The molecule has 0 fully saturated rings. The van der Waals surface area contributed by atoms with E-state index in [0.29, 0.717) is 10.3 Å². The minimum absolute atomic E-state index is 0. The van der Waals surface area contributed by atoms with Gasteiger partial charge in [0.2, 0.25) is 6.20 Å². The number of rotatable bonds is 2. The molecule has 0 amide bonds. The Labute approximate surface area is 87.2 Å². The third kappa shape index (κ3) is 2.06. The first-order chi connectivity index (χ1) is 6.11. The van der Waals surface area contributed by atoms with Crippen LogP contribution < -0.4 is 17.1 Å². The van der Waals surface area contributed by atoms with Crippen LogP contribution in [-0.2, 0) is 13.2 Å². The Balaban J connectivity index is 0.00000169. The maximum Gasteiger partial charge on any atom is 0.272 e. The van der Waals surface area contributed by atoms with Crippen molar-refractivity contribution in [2.24, 2.45) is 0 Å². The van der Waals surface area contributed by atoms with Gasteiger partial charge in [0.1, 0.15) is 0 Å². The van der Waals surface area contributed by atoms with E-state index in [1.54, 1.807) is 0 Å². The van der Waals surface area contributed by atoms with E-state index >= 15 is 0 Å². The summed E-state index contributed by atoms with van der Waals surface area (Å²) in [6.07, 6.45) is 1.25. The second kappa shape index (κ2) is 4.99. The van der Waals surface area contributed by atoms with Gasteiger partial charge in [0.25, 0.3) is 5.69 Å². The molecule has 0 spiro atoms. The predicted octanol–water partition coefficient (Wildman–Crippen LogP) is -3.79. The van der Waals surface area contributed by atoms with Crippen molar-refractivity contribution in [2.45, 2.75) is 20.1 Å². The molecule has 1 aromatic rings. The van der Waals surface area contributed by atoms with E-state index in [1.165, 1.54) is 13.1 Å². The fourth-order valence-corrected chi connectivity index (χ4v) is 1.11. The summed E-state index contributed by atoms with van der Waals surface area (Å²) < 4.78 is 0.708. The average Bonchev–Trinajstić information content (AvgIpc) is 2.13. The molecule has 0 aliphatic carbocycles. The minimum atomic E-state index is -0.372. The van der Waals surface area contributed by atoms with Crippen LogP contribution in [0.2, 0.25) is 0 Å². The molecule has 14 heavy (non-hydrogen) atoms. The van der Waals surface area contributed by atoms with Gasteiger partial charge in [-0.2, -0.15) is 0 Å². The SMILES string of the molecule is Cc1c(O)c(CO)c(CO)c[n+]1O.[Cl-]. The van der Waals surface area contributed by atoms with Crippen molar-refractivity contribution in [3.05, 3.63) is 23.0 Å². The number of hydrogen-bond donors (Lipinski definition) is 4. The van der Waals surface area contributed by atoms with E-state index < -0.39 is 0 Å². The predicted molar refractivity (Wildman–Crippen MR) is 42.1 cm³/mol. The highest BCUT2D eigenvalue weighted by Gasteiger charge is 2.19. The lowest BCUT2D eigenvalue weighted by molar-refractivity contribution is -0.909. The number of aliphatic hydroxyl groups is 2. The summed E-state index contributed by atoms with van der Waals surface area (Å²) in [5.41, 5.74) is 0.764. The van der Waals surface area contributed by atoms with Crippen LogP contribution in [0, 0.1) is 6.92 Å². The Morgan fingerprint density at radius 2 is 1.86 bits per heavy atom. The molecule has 0 saturated carbocycles. The summed E-state index contributed by atoms with van der Waals surface area (Å²) in [6.45, 7) is 0.781. The quantitative estimate of drug-likeness (QED) is 0.305. The van der Waals surface area contributed by atoms with Crippen molar-refractivity contribution in [1.29, 1.82) is 0 Å². The standard InChI is InChI=1S/C8H11NO4.ClH/c1-5-8(12)7(4-11)6(3-10)2-9(5)13;/h2,10-11H,3-4H2,1H3,(H-,12,13);1H. The van der Waals surface area contributed by atoms with Crippen LogP contribution in [0.4, 0.5) is 0 Å². The smallest absolute Gasteiger partial charge is 0.272 e. The van der Waals surface area contributed by atoms with Gasteiger partial charge in [-0.25, -0.2) is 0 Å². The van der Waals surface area contributed by atoms with Crippen molar-refractivity contribution in [1.82, 2.24) is 0 Å². The summed E-state index contributed by atoms with van der Waals surface area (Å²) in [5, 5.41) is 36.4. The molecule has 1 rings (SSSR count). The second-order valence-electron chi connectivity index (χ2n) is 2.73. The van der Waals surface area contributed by atoms with Gasteiger partial charge < -0.3 is 27.7 Å². The van der Waals surface area contributed by atoms with Crippen molar-refractivity contribution >= 4 is 0 Å². The van der Waals surface area contributed by atoms with Crippen molar-refractivity contribution in [2.75, 3.05) is 0 Å². The first-order valence-corrected chi connectivity index (χ1v) is 3.78. The lowest BCUT2D eigenvalue weighted by Gasteiger charge is -2.05. The van der Waals surface area contributed by atoms with Gasteiger partial charge in [0.05, 0.1) is 18.8 Å². The molecule has 0 atom stereocenters. The Kier molecular flexibility index (Phi) is 4.62. The van der Waals surface area contributed by atoms with E-state index in [2.05, 4.69) is 0 Å². The number of hydrogen-bond acceptors (Lipinski definition) is 4. The molecule has 80 valence electrons. The average molecular weight is 222 g/mol. The third-order valence-corrected chi connectivity index (χ3v) is 1.97. The van der Waals surface area contributed by atoms with E-state index in [-0.39, 0.29) is 42.6 Å². The molecule has 0 saturated heterocycles. The molecule has 1 aromatic heterocycles. The monoisotopic (exact) mass is 221 g/mol. The molecule has 6 heteroatoms. The fourth-order valence-electron chi connectivity index (χ4n) is 1.11. The van der Waals surface area contributed by atoms with Crippen LogP contribution in [0.25, 0.3) is 0 Å². The zero-order chi connectivity index (χ0) is 10.0. The molecule has 0 aliphatic heterocycles. The molecule has 0 unspecified atom stereocenters. The van der Waals surface area contributed by atoms with Crippen LogP contribution in [-0.4, -0.2) is 20.5 Å². The zero-order valence-corrected chi connectivity index (χ0v) is 8.36. The molecule has 0 aliphatic rings. The number of nitrogens with zero attached hydrogens (tertiary/aromatic N) is 1. The Morgan fingerprint density at radius 1 is 1.29 bits per heavy atom. The molecule has 0 aromatic carbocycles. The molecule has 0 bridgehead atoms. The van der Waals surface area contributed by atoms with Gasteiger partial charge in [-0.1, -0.05) is 0 Å². The first kappa shape index (κ1) is 13.0. The molecular weight excluding hydrogens is 210 g/mol. The van der Waals surface area contributed by atoms with Crippen molar-refractivity contribution in [3.8, 4) is 5.75 Å². The van der Waals surface area contributed by atoms with Gasteiger partial charge in [-0.05, 0) is 0 Å². The van der Waals surface area contributed by atoms with Gasteiger partial charge in [0.15, 0.2) is 5.75 Å².